The zero-order valence-corrected chi connectivity index (χ0v) is 11.8. The Morgan fingerprint density at radius 1 is 1.29 bits per heavy atom. The molecule has 0 radical (unpaired) electrons. The molecular weight excluding hydrogens is 274 g/mol. The van der Waals surface area contributed by atoms with E-state index >= 15 is 0 Å². The van der Waals surface area contributed by atoms with Crippen molar-refractivity contribution in [1.29, 1.82) is 0 Å². The maximum absolute atomic E-state index is 11.6. The van der Waals surface area contributed by atoms with Crippen LogP contribution in [0.25, 0.3) is 0 Å². The number of carbonyl (C=O) groups is 2. The predicted octanol–water partition coefficient (Wildman–Crippen LogP) is 1.04. The van der Waals surface area contributed by atoms with E-state index in [1.54, 1.807) is 0 Å². The minimum atomic E-state index is -0.708. The Morgan fingerprint density at radius 3 is 2.81 bits per heavy atom. The number of hydrogen-bond donors (Lipinski definition) is 1. The van der Waals surface area contributed by atoms with Gasteiger partial charge in [-0.1, -0.05) is 24.3 Å². The molecule has 21 heavy (non-hydrogen) atoms. The fourth-order valence-corrected chi connectivity index (χ4v) is 1.73. The van der Waals surface area contributed by atoms with E-state index < -0.39 is 5.97 Å². The number of carbonyl (C=O) groups excluding carboxylic acids is 2. The number of aryl methyl sites for hydroxylation is 1. The van der Waals surface area contributed by atoms with Crippen molar-refractivity contribution in [3.05, 3.63) is 47.4 Å². The van der Waals surface area contributed by atoms with Gasteiger partial charge in [-0.15, -0.1) is 0 Å². The van der Waals surface area contributed by atoms with E-state index in [2.05, 4.69) is 5.32 Å². The first-order valence-electron chi connectivity index (χ1n) is 6.59. The maximum atomic E-state index is 11.6. The largest absolute Gasteiger partial charge is 0.493 e. The first-order valence-corrected chi connectivity index (χ1v) is 6.59. The van der Waals surface area contributed by atoms with Gasteiger partial charge in [0.25, 0.3) is 5.91 Å². The van der Waals surface area contributed by atoms with Gasteiger partial charge in [0.05, 0.1) is 0 Å². The second kappa shape index (κ2) is 7.33. The van der Waals surface area contributed by atoms with Gasteiger partial charge in [-0.25, -0.2) is 4.79 Å². The van der Waals surface area contributed by atoms with E-state index in [0.29, 0.717) is 19.8 Å². The Kier molecular flexibility index (Phi) is 5.20. The lowest BCUT2D eigenvalue weighted by Crippen LogP contribution is -2.29. The van der Waals surface area contributed by atoms with Gasteiger partial charge in [-0.05, 0) is 18.1 Å². The highest BCUT2D eigenvalue weighted by Crippen LogP contribution is 2.07. The number of amides is 1. The summed E-state index contributed by atoms with van der Waals surface area (Å²) in [6.07, 6.45) is 1.19. The van der Waals surface area contributed by atoms with Crippen LogP contribution in [0.5, 0.6) is 0 Å². The van der Waals surface area contributed by atoms with Crippen molar-refractivity contribution in [2.45, 2.75) is 13.5 Å². The fourth-order valence-electron chi connectivity index (χ4n) is 1.73. The molecule has 0 unspecified atom stereocenters. The first kappa shape index (κ1) is 14.9. The molecule has 1 aromatic carbocycles. The molecule has 1 aliphatic rings. The molecule has 0 aromatic heterocycles. The van der Waals surface area contributed by atoms with Crippen LogP contribution < -0.4 is 5.32 Å². The summed E-state index contributed by atoms with van der Waals surface area (Å²) in [5.41, 5.74) is 2.11. The van der Waals surface area contributed by atoms with Gasteiger partial charge in [0.15, 0.2) is 6.61 Å². The Labute approximate surface area is 122 Å². The molecule has 0 saturated heterocycles. The summed E-state index contributed by atoms with van der Waals surface area (Å²) in [5.74, 6) is -1.10. The van der Waals surface area contributed by atoms with Gasteiger partial charge in [-0.3, -0.25) is 4.79 Å². The van der Waals surface area contributed by atoms with Crippen molar-refractivity contribution in [3.63, 3.8) is 0 Å². The summed E-state index contributed by atoms with van der Waals surface area (Å²) in [6.45, 7) is 2.69. The van der Waals surface area contributed by atoms with E-state index in [4.69, 9.17) is 14.2 Å². The summed E-state index contributed by atoms with van der Waals surface area (Å²) >= 11 is 0. The predicted molar refractivity (Wildman–Crippen MR) is 74.0 cm³/mol. The number of nitrogens with one attached hydrogen (secondary N) is 1. The van der Waals surface area contributed by atoms with Crippen LogP contribution in [0.2, 0.25) is 0 Å². The summed E-state index contributed by atoms with van der Waals surface area (Å²) < 4.78 is 14.8. The SMILES string of the molecule is Cc1ccccc1CNC(=O)COC(=O)C1=COCCO1. The van der Waals surface area contributed by atoms with Crippen LogP contribution in [-0.2, 0) is 30.3 Å². The van der Waals surface area contributed by atoms with Gasteiger partial charge in [0.1, 0.15) is 19.5 Å². The highest BCUT2D eigenvalue weighted by molar-refractivity contribution is 5.88. The molecule has 0 bridgehead atoms. The standard InChI is InChI=1S/C15H17NO5/c1-11-4-2-3-5-12(11)8-16-14(17)10-21-15(18)13-9-19-6-7-20-13/h2-5,9H,6-8,10H2,1H3,(H,16,17). The highest BCUT2D eigenvalue weighted by Gasteiger charge is 2.17. The van der Waals surface area contributed by atoms with Crippen LogP contribution in [-0.4, -0.2) is 31.7 Å². The summed E-state index contributed by atoms with van der Waals surface area (Å²) in [7, 11) is 0. The lowest BCUT2D eigenvalue weighted by Gasteiger charge is -2.14. The molecule has 0 saturated carbocycles. The molecule has 0 spiro atoms. The first-order chi connectivity index (χ1) is 10.2. The molecule has 1 amide bonds. The lowest BCUT2D eigenvalue weighted by molar-refractivity contribution is -0.149. The molecule has 0 atom stereocenters. The number of ether oxygens (including phenoxy) is 3. The number of benzene rings is 1. The Bertz CT molecular complexity index is 553. The van der Waals surface area contributed by atoms with Crippen molar-refractivity contribution in [1.82, 2.24) is 5.32 Å². The van der Waals surface area contributed by atoms with E-state index in [9.17, 15) is 9.59 Å². The minimum Gasteiger partial charge on any atom is -0.493 e. The number of rotatable bonds is 5. The van der Waals surface area contributed by atoms with Crippen LogP contribution in [0, 0.1) is 6.92 Å². The average molecular weight is 291 g/mol. The fraction of sp³-hybridized carbons (Fsp3) is 0.333. The monoisotopic (exact) mass is 291 g/mol. The van der Waals surface area contributed by atoms with Gasteiger partial charge in [-0.2, -0.15) is 0 Å². The van der Waals surface area contributed by atoms with E-state index in [1.165, 1.54) is 6.26 Å². The molecule has 2 rings (SSSR count). The molecular formula is C15H17NO5. The summed E-state index contributed by atoms with van der Waals surface area (Å²) in [6, 6.07) is 7.73. The lowest BCUT2D eigenvalue weighted by atomic mass is 10.1. The molecule has 1 N–H and O–H groups in total. The van der Waals surface area contributed by atoms with E-state index in [1.807, 2.05) is 31.2 Å². The van der Waals surface area contributed by atoms with E-state index in [0.717, 1.165) is 11.1 Å². The molecule has 6 heteroatoms. The average Bonchev–Trinajstić information content (AvgIpc) is 2.52. The zero-order chi connectivity index (χ0) is 15.1. The third kappa shape index (κ3) is 4.52. The number of hydrogen-bond acceptors (Lipinski definition) is 5. The Morgan fingerprint density at radius 2 is 2.10 bits per heavy atom. The second-order valence-electron chi connectivity index (χ2n) is 4.48. The van der Waals surface area contributed by atoms with Crippen LogP contribution in [0.4, 0.5) is 0 Å². The third-order valence-corrected chi connectivity index (χ3v) is 2.92. The molecule has 0 fully saturated rings. The van der Waals surface area contributed by atoms with Crippen molar-refractivity contribution in [2.24, 2.45) is 0 Å². The summed E-state index contributed by atoms with van der Waals surface area (Å²) in [5, 5.41) is 2.69. The molecule has 1 aromatic rings. The smallest absolute Gasteiger partial charge is 0.377 e. The summed E-state index contributed by atoms with van der Waals surface area (Å²) in [4.78, 5) is 23.2. The van der Waals surface area contributed by atoms with Crippen LogP contribution >= 0.6 is 0 Å². The second-order valence-corrected chi connectivity index (χ2v) is 4.48. The van der Waals surface area contributed by atoms with Crippen molar-refractivity contribution >= 4 is 11.9 Å². The minimum absolute atomic E-state index is 0.0204. The van der Waals surface area contributed by atoms with Crippen LogP contribution in [0.15, 0.2) is 36.3 Å². The van der Waals surface area contributed by atoms with E-state index in [-0.39, 0.29) is 18.3 Å². The third-order valence-electron chi connectivity index (χ3n) is 2.92. The van der Waals surface area contributed by atoms with Gasteiger partial charge < -0.3 is 19.5 Å². The molecule has 112 valence electrons. The normalized spacial score (nSPS) is 13.5. The van der Waals surface area contributed by atoms with Gasteiger partial charge >= 0.3 is 5.97 Å². The van der Waals surface area contributed by atoms with Crippen molar-refractivity contribution < 1.29 is 23.8 Å². The quantitative estimate of drug-likeness (QED) is 0.821. The van der Waals surface area contributed by atoms with Crippen LogP contribution in [0.1, 0.15) is 11.1 Å². The molecule has 0 aliphatic carbocycles. The van der Waals surface area contributed by atoms with Crippen molar-refractivity contribution in [3.8, 4) is 0 Å². The Balaban J connectivity index is 1.74. The van der Waals surface area contributed by atoms with Crippen LogP contribution in [0.3, 0.4) is 0 Å². The molecule has 1 heterocycles. The number of esters is 1. The Hall–Kier alpha value is -2.50. The van der Waals surface area contributed by atoms with Gasteiger partial charge in [0.2, 0.25) is 5.76 Å². The zero-order valence-electron chi connectivity index (χ0n) is 11.8. The topological polar surface area (TPSA) is 73.9 Å². The molecule has 6 nitrogen and oxygen atoms in total. The highest BCUT2D eigenvalue weighted by atomic mass is 16.6. The molecule has 1 aliphatic heterocycles. The van der Waals surface area contributed by atoms with Crippen molar-refractivity contribution in [2.75, 3.05) is 19.8 Å². The maximum Gasteiger partial charge on any atom is 0.377 e. The van der Waals surface area contributed by atoms with Gasteiger partial charge in [0, 0.05) is 6.54 Å².